The van der Waals surface area contributed by atoms with Crippen LogP contribution in [-0.4, -0.2) is 16.6 Å². The monoisotopic (exact) mass is 277 g/mol. The number of anilines is 1. The summed E-state index contributed by atoms with van der Waals surface area (Å²) in [5, 5.41) is 1.00. The van der Waals surface area contributed by atoms with Gasteiger partial charge in [-0.2, -0.15) is 4.98 Å². The number of nitrogens with two attached hydrogens (primary N) is 1. The minimum absolute atomic E-state index is 0.302. The third-order valence-electron chi connectivity index (χ3n) is 3.76. The molecule has 19 heavy (non-hydrogen) atoms. The Bertz CT molecular complexity index is 577. The van der Waals surface area contributed by atoms with Gasteiger partial charge in [0.1, 0.15) is 4.83 Å². The molecule has 102 valence electrons. The summed E-state index contributed by atoms with van der Waals surface area (Å²) < 4.78 is 5.84. The molecule has 0 spiro atoms. The lowest BCUT2D eigenvalue weighted by atomic mass is 9.83. The van der Waals surface area contributed by atoms with Crippen LogP contribution in [0.25, 0.3) is 10.2 Å². The molecule has 0 aliphatic heterocycles. The topological polar surface area (TPSA) is 61.0 Å². The van der Waals surface area contributed by atoms with Crippen LogP contribution in [0.2, 0.25) is 0 Å². The fourth-order valence-corrected chi connectivity index (χ4v) is 3.31. The predicted molar refractivity (Wildman–Crippen MR) is 78.7 cm³/mol. The SMILES string of the molecule is CCc1cc2c(OCCC3CCC3)nc(N)nc2s1. The molecule has 0 unspecified atom stereocenters. The van der Waals surface area contributed by atoms with Gasteiger partial charge in [-0.3, -0.25) is 0 Å². The van der Waals surface area contributed by atoms with E-state index in [0.717, 1.165) is 35.6 Å². The average molecular weight is 277 g/mol. The van der Waals surface area contributed by atoms with Crippen molar-refractivity contribution in [3.63, 3.8) is 0 Å². The Hall–Kier alpha value is -1.36. The van der Waals surface area contributed by atoms with E-state index in [-0.39, 0.29) is 0 Å². The first kappa shape index (κ1) is 12.7. The molecule has 1 aliphatic rings. The third-order valence-corrected chi connectivity index (χ3v) is 4.94. The molecule has 1 aliphatic carbocycles. The molecule has 2 aromatic rings. The first-order valence-corrected chi connectivity index (χ1v) is 7.76. The van der Waals surface area contributed by atoms with E-state index in [1.165, 1.54) is 24.1 Å². The van der Waals surface area contributed by atoms with Gasteiger partial charge in [-0.15, -0.1) is 11.3 Å². The van der Waals surface area contributed by atoms with Gasteiger partial charge in [0.2, 0.25) is 11.8 Å². The summed E-state index contributed by atoms with van der Waals surface area (Å²) in [4.78, 5) is 10.7. The fourth-order valence-electron chi connectivity index (χ4n) is 2.35. The molecular weight excluding hydrogens is 258 g/mol. The van der Waals surface area contributed by atoms with Crippen molar-refractivity contribution in [2.24, 2.45) is 5.92 Å². The highest BCUT2D eigenvalue weighted by Gasteiger charge is 2.18. The van der Waals surface area contributed by atoms with Crippen molar-refractivity contribution in [1.29, 1.82) is 0 Å². The number of rotatable bonds is 5. The van der Waals surface area contributed by atoms with E-state index in [1.807, 2.05) is 0 Å². The van der Waals surface area contributed by atoms with Crippen molar-refractivity contribution in [2.75, 3.05) is 12.3 Å². The molecule has 1 fully saturated rings. The largest absolute Gasteiger partial charge is 0.477 e. The smallest absolute Gasteiger partial charge is 0.227 e. The summed E-state index contributed by atoms with van der Waals surface area (Å²) in [6.45, 7) is 2.87. The van der Waals surface area contributed by atoms with Gasteiger partial charge < -0.3 is 10.5 Å². The second kappa shape index (κ2) is 5.33. The lowest BCUT2D eigenvalue weighted by molar-refractivity contribution is 0.219. The van der Waals surface area contributed by atoms with E-state index < -0.39 is 0 Å². The van der Waals surface area contributed by atoms with Crippen LogP contribution in [0.3, 0.4) is 0 Å². The van der Waals surface area contributed by atoms with Gasteiger partial charge in [-0.25, -0.2) is 4.98 Å². The zero-order valence-corrected chi connectivity index (χ0v) is 12.0. The Labute approximate surface area is 117 Å². The maximum Gasteiger partial charge on any atom is 0.227 e. The van der Waals surface area contributed by atoms with Gasteiger partial charge >= 0.3 is 0 Å². The summed E-state index contributed by atoms with van der Waals surface area (Å²) in [7, 11) is 0. The molecule has 5 heteroatoms. The summed E-state index contributed by atoms with van der Waals surface area (Å²) in [6.07, 6.45) is 6.20. The Balaban J connectivity index is 1.77. The van der Waals surface area contributed by atoms with Crippen LogP contribution < -0.4 is 10.5 Å². The van der Waals surface area contributed by atoms with Crippen molar-refractivity contribution >= 4 is 27.5 Å². The van der Waals surface area contributed by atoms with Gasteiger partial charge in [-0.1, -0.05) is 26.2 Å². The van der Waals surface area contributed by atoms with Crippen molar-refractivity contribution < 1.29 is 4.74 Å². The summed E-state index contributed by atoms with van der Waals surface area (Å²) in [5.74, 6) is 1.80. The van der Waals surface area contributed by atoms with Crippen LogP contribution in [-0.2, 0) is 6.42 Å². The number of thiophene rings is 1. The molecule has 0 saturated heterocycles. The highest BCUT2D eigenvalue weighted by atomic mass is 32.1. The summed E-state index contributed by atoms with van der Waals surface area (Å²) >= 11 is 1.67. The van der Waals surface area contributed by atoms with Crippen molar-refractivity contribution in [3.8, 4) is 5.88 Å². The minimum atomic E-state index is 0.302. The highest BCUT2D eigenvalue weighted by Crippen LogP contribution is 2.32. The molecular formula is C14H19N3OS. The zero-order chi connectivity index (χ0) is 13.2. The van der Waals surface area contributed by atoms with Crippen LogP contribution in [0.15, 0.2) is 6.07 Å². The molecule has 1 saturated carbocycles. The van der Waals surface area contributed by atoms with Crippen LogP contribution >= 0.6 is 11.3 Å². The van der Waals surface area contributed by atoms with Gasteiger partial charge in [0, 0.05) is 4.88 Å². The minimum Gasteiger partial charge on any atom is -0.477 e. The number of aromatic nitrogens is 2. The summed E-state index contributed by atoms with van der Waals surface area (Å²) in [6, 6.07) is 2.12. The van der Waals surface area contributed by atoms with Crippen LogP contribution in [0.5, 0.6) is 5.88 Å². The Kier molecular flexibility index (Phi) is 3.55. The van der Waals surface area contributed by atoms with Crippen LogP contribution in [0, 0.1) is 5.92 Å². The standard InChI is InChI=1S/C14H19N3OS/c1-2-10-8-11-12(16-14(15)17-13(11)19-10)18-7-6-9-4-3-5-9/h8-9H,2-7H2,1H3,(H2,15,16,17). The number of aryl methyl sites for hydroxylation is 1. The molecule has 0 aromatic carbocycles. The lowest BCUT2D eigenvalue weighted by Gasteiger charge is -2.24. The lowest BCUT2D eigenvalue weighted by Crippen LogP contribution is -2.15. The van der Waals surface area contributed by atoms with Gasteiger partial charge in [-0.05, 0) is 24.8 Å². The van der Waals surface area contributed by atoms with E-state index in [9.17, 15) is 0 Å². The molecule has 2 heterocycles. The molecule has 4 nitrogen and oxygen atoms in total. The molecule has 0 atom stereocenters. The number of nitrogen functional groups attached to an aromatic ring is 1. The van der Waals surface area contributed by atoms with Crippen molar-refractivity contribution in [1.82, 2.24) is 9.97 Å². The third kappa shape index (κ3) is 2.66. The molecule has 3 rings (SSSR count). The maximum atomic E-state index is 5.84. The number of hydrogen-bond acceptors (Lipinski definition) is 5. The van der Waals surface area contributed by atoms with E-state index in [4.69, 9.17) is 10.5 Å². The van der Waals surface area contributed by atoms with Gasteiger partial charge in [0.25, 0.3) is 0 Å². The molecule has 0 bridgehead atoms. The molecule has 2 N–H and O–H groups in total. The Morgan fingerprint density at radius 2 is 2.26 bits per heavy atom. The second-order valence-electron chi connectivity index (χ2n) is 5.11. The van der Waals surface area contributed by atoms with Crippen LogP contribution in [0.1, 0.15) is 37.5 Å². The molecule has 0 radical (unpaired) electrons. The first-order valence-electron chi connectivity index (χ1n) is 6.95. The Morgan fingerprint density at radius 3 is 2.95 bits per heavy atom. The van der Waals surface area contributed by atoms with E-state index in [2.05, 4.69) is 23.0 Å². The zero-order valence-electron chi connectivity index (χ0n) is 11.2. The predicted octanol–water partition coefficient (Wildman–Crippen LogP) is 3.40. The fraction of sp³-hybridized carbons (Fsp3) is 0.571. The van der Waals surface area contributed by atoms with Crippen molar-refractivity contribution in [3.05, 3.63) is 10.9 Å². The number of fused-ring (bicyclic) bond motifs is 1. The summed E-state index contributed by atoms with van der Waals surface area (Å²) in [5.41, 5.74) is 5.75. The average Bonchev–Trinajstić information content (AvgIpc) is 2.74. The second-order valence-corrected chi connectivity index (χ2v) is 6.22. The number of hydrogen-bond donors (Lipinski definition) is 1. The number of nitrogens with zero attached hydrogens (tertiary/aromatic N) is 2. The van der Waals surface area contributed by atoms with E-state index in [1.54, 1.807) is 11.3 Å². The van der Waals surface area contributed by atoms with E-state index >= 15 is 0 Å². The molecule has 2 aromatic heterocycles. The maximum absolute atomic E-state index is 5.84. The highest BCUT2D eigenvalue weighted by molar-refractivity contribution is 7.18. The van der Waals surface area contributed by atoms with E-state index in [0.29, 0.717) is 11.8 Å². The van der Waals surface area contributed by atoms with Gasteiger partial charge in [0.15, 0.2) is 0 Å². The normalized spacial score (nSPS) is 15.6. The van der Waals surface area contributed by atoms with Gasteiger partial charge in [0.05, 0.1) is 12.0 Å². The van der Waals surface area contributed by atoms with Crippen molar-refractivity contribution in [2.45, 2.75) is 39.0 Å². The number of ether oxygens (including phenoxy) is 1. The first-order chi connectivity index (χ1) is 9.26. The van der Waals surface area contributed by atoms with Crippen LogP contribution in [0.4, 0.5) is 5.95 Å². The quantitative estimate of drug-likeness (QED) is 0.909. The Morgan fingerprint density at radius 1 is 1.42 bits per heavy atom. The molecule has 0 amide bonds.